The summed E-state index contributed by atoms with van der Waals surface area (Å²) in [6.45, 7) is -0.489. The van der Waals surface area contributed by atoms with Gasteiger partial charge in [0, 0.05) is 6.42 Å². The third-order valence-electron chi connectivity index (χ3n) is 2.56. The molecular formula is C13H18N4O3. The molecule has 0 fully saturated rings. The summed E-state index contributed by atoms with van der Waals surface area (Å²) < 4.78 is 0. The molecule has 7 heteroatoms. The fourth-order valence-corrected chi connectivity index (χ4v) is 1.61. The smallest absolute Gasteiger partial charge is 0.243 e. The zero-order valence-electron chi connectivity index (χ0n) is 11.0. The van der Waals surface area contributed by atoms with Gasteiger partial charge in [-0.1, -0.05) is 30.3 Å². The second-order valence-electron chi connectivity index (χ2n) is 4.20. The quantitative estimate of drug-likeness (QED) is 0.472. The van der Waals surface area contributed by atoms with Crippen molar-refractivity contribution in [3.63, 3.8) is 0 Å². The average molecular weight is 278 g/mol. The van der Waals surface area contributed by atoms with Gasteiger partial charge in [0.1, 0.15) is 6.04 Å². The molecule has 1 aromatic rings. The first-order valence-electron chi connectivity index (χ1n) is 6.12. The van der Waals surface area contributed by atoms with E-state index < -0.39 is 23.8 Å². The predicted octanol–water partition coefficient (Wildman–Crippen LogP) is -1.73. The topological polar surface area (TPSA) is 127 Å². The molecule has 0 aliphatic heterocycles. The first-order chi connectivity index (χ1) is 9.52. The van der Waals surface area contributed by atoms with Gasteiger partial charge in [0.2, 0.25) is 17.7 Å². The molecule has 6 N–H and O–H groups in total. The zero-order valence-corrected chi connectivity index (χ0v) is 11.0. The molecule has 0 radical (unpaired) electrons. The number of hydrogen-bond acceptors (Lipinski definition) is 4. The van der Waals surface area contributed by atoms with E-state index in [2.05, 4.69) is 10.6 Å². The van der Waals surface area contributed by atoms with Crippen molar-refractivity contribution in [3.8, 4) is 0 Å². The van der Waals surface area contributed by atoms with Crippen LogP contribution >= 0.6 is 0 Å². The maximum absolute atomic E-state index is 11.9. The summed E-state index contributed by atoms with van der Waals surface area (Å²) in [5.74, 6) is -1.57. The number of hydrogen-bond donors (Lipinski definition) is 4. The maximum atomic E-state index is 11.9. The fraction of sp³-hybridized carbons (Fsp3) is 0.308. The molecular weight excluding hydrogens is 260 g/mol. The van der Waals surface area contributed by atoms with Crippen LogP contribution in [0.2, 0.25) is 0 Å². The summed E-state index contributed by atoms with van der Waals surface area (Å²) >= 11 is 0. The minimum absolute atomic E-state index is 0.214. The third kappa shape index (κ3) is 5.49. The molecule has 0 heterocycles. The Kier molecular flexibility index (Phi) is 6.18. The molecule has 0 aliphatic rings. The summed E-state index contributed by atoms with van der Waals surface area (Å²) in [5.41, 5.74) is 11.1. The Bertz CT molecular complexity index is 476. The van der Waals surface area contributed by atoms with E-state index >= 15 is 0 Å². The minimum Gasteiger partial charge on any atom is -0.368 e. The Morgan fingerprint density at radius 2 is 1.80 bits per heavy atom. The fourth-order valence-electron chi connectivity index (χ4n) is 1.61. The van der Waals surface area contributed by atoms with Crippen molar-refractivity contribution < 1.29 is 14.4 Å². The highest BCUT2D eigenvalue weighted by Crippen LogP contribution is 2.03. The average Bonchev–Trinajstić information content (AvgIpc) is 2.44. The Morgan fingerprint density at radius 1 is 1.15 bits per heavy atom. The van der Waals surface area contributed by atoms with Gasteiger partial charge in [-0.05, 0) is 5.56 Å². The summed E-state index contributed by atoms with van der Waals surface area (Å²) in [6.07, 6.45) is 0.303. The molecule has 1 unspecified atom stereocenters. The standard InChI is InChI=1S/C13H18N4O3/c14-7-12(19)17-10(13(20)16-8-11(15)18)6-9-4-2-1-3-5-9/h1-5,10H,6-8,14H2,(H2,15,18)(H,16,20)(H,17,19). The van der Waals surface area contributed by atoms with E-state index in [1.807, 2.05) is 30.3 Å². The third-order valence-corrected chi connectivity index (χ3v) is 2.56. The number of amides is 3. The molecule has 0 bridgehead atoms. The van der Waals surface area contributed by atoms with Crippen LogP contribution in [0.25, 0.3) is 0 Å². The van der Waals surface area contributed by atoms with Crippen LogP contribution in [0.3, 0.4) is 0 Å². The lowest BCUT2D eigenvalue weighted by atomic mass is 10.1. The molecule has 0 saturated carbocycles. The number of carbonyl (C=O) groups is 3. The van der Waals surface area contributed by atoms with E-state index in [9.17, 15) is 14.4 Å². The Labute approximate surface area is 116 Å². The number of nitrogens with two attached hydrogens (primary N) is 2. The Balaban J connectivity index is 2.71. The molecule has 20 heavy (non-hydrogen) atoms. The van der Waals surface area contributed by atoms with Crippen molar-refractivity contribution in [3.05, 3.63) is 35.9 Å². The van der Waals surface area contributed by atoms with Gasteiger partial charge in [0.05, 0.1) is 13.1 Å². The van der Waals surface area contributed by atoms with Crippen molar-refractivity contribution in [1.82, 2.24) is 10.6 Å². The highest BCUT2D eigenvalue weighted by Gasteiger charge is 2.20. The van der Waals surface area contributed by atoms with Crippen LogP contribution < -0.4 is 22.1 Å². The van der Waals surface area contributed by atoms with E-state index in [1.54, 1.807) is 0 Å². The monoisotopic (exact) mass is 278 g/mol. The van der Waals surface area contributed by atoms with Crippen LogP contribution in [0.5, 0.6) is 0 Å². The normalized spacial score (nSPS) is 11.4. The lowest BCUT2D eigenvalue weighted by Gasteiger charge is -2.17. The number of benzene rings is 1. The van der Waals surface area contributed by atoms with Crippen LogP contribution in [-0.4, -0.2) is 36.9 Å². The van der Waals surface area contributed by atoms with Crippen LogP contribution in [0.15, 0.2) is 30.3 Å². The first-order valence-corrected chi connectivity index (χ1v) is 6.12. The van der Waals surface area contributed by atoms with Gasteiger partial charge >= 0.3 is 0 Å². The lowest BCUT2D eigenvalue weighted by Crippen LogP contribution is -2.50. The summed E-state index contributed by atoms with van der Waals surface area (Å²) in [7, 11) is 0. The van der Waals surface area contributed by atoms with Crippen molar-refractivity contribution in [1.29, 1.82) is 0 Å². The molecule has 3 amide bonds. The lowest BCUT2D eigenvalue weighted by molar-refractivity contribution is -0.129. The van der Waals surface area contributed by atoms with Crippen molar-refractivity contribution in [2.75, 3.05) is 13.1 Å². The minimum atomic E-state index is -0.798. The number of rotatable bonds is 7. The Hall–Kier alpha value is -2.41. The first kappa shape index (κ1) is 15.6. The predicted molar refractivity (Wildman–Crippen MR) is 73.3 cm³/mol. The van der Waals surface area contributed by atoms with E-state index in [-0.39, 0.29) is 13.1 Å². The zero-order chi connectivity index (χ0) is 15.0. The van der Waals surface area contributed by atoms with E-state index in [1.165, 1.54) is 0 Å². The molecule has 1 rings (SSSR count). The van der Waals surface area contributed by atoms with Crippen LogP contribution in [-0.2, 0) is 20.8 Å². The van der Waals surface area contributed by atoms with E-state index in [4.69, 9.17) is 11.5 Å². The number of nitrogens with one attached hydrogen (secondary N) is 2. The highest BCUT2D eigenvalue weighted by atomic mass is 16.2. The molecule has 0 aromatic heterocycles. The summed E-state index contributed by atoms with van der Waals surface area (Å²) in [6, 6.07) is 8.39. The van der Waals surface area contributed by atoms with Gasteiger partial charge in [0.25, 0.3) is 0 Å². The van der Waals surface area contributed by atoms with Crippen molar-refractivity contribution in [2.45, 2.75) is 12.5 Å². The number of primary amides is 1. The summed E-state index contributed by atoms with van der Waals surface area (Å²) in [5, 5.41) is 4.87. The van der Waals surface area contributed by atoms with E-state index in [0.717, 1.165) is 5.56 Å². The molecule has 7 nitrogen and oxygen atoms in total. The van der Waals surface area contributed by atoms with Gasteiger partial charge in [-0.15, -0.1) is 0 Å². The second kappa shape index (κ2) is 7.90. The van der Waals surface area contributed by atoms with Crippen molar-refractivity contribution >= 4 is 17.7 Å². The second-order valence-corrected chi connectivity index (χ2v) is 4.20. The van der Waals surface area contributed by atoms with Gasteiger partial charge in [-0.2, -0.15) is 0 Å². The van der Waals surface area contributed by atoms with Crippen LogP contribution in [0.1, 0.15) is 5.56 Å². The molecule has 0 spiro atoms. The largest absolute Gasteiger partial charge is 0.368 e. The molecule has 0 saturated heterocycles. The molecule has 1 aromatic carbocycles. The van der Waals surface area contributed by atoms with Gasteiger partial charge in [-0.25, -0.2) is 0 Å². The van der Waals surface area contributed by atoms with Gasteiger partial charge < -0.3 is 22.1 Å². The Morgan fingerprint density at radius 3 is 2.35 bits per heavy atom. The molecule has 0 aliphatic carbocycles. The maximum Gasteiger partial charge on any atom is 0.243 e. The highest BCUT2D eigenvalue weighted by molar-refractivity contribution is 5.90. The molecule has 108 valence electrons. The van der Waals surface area contributed by atoms with Crippen LogP contribution in [0.4, 0.5) is 0 Å². The summed E-state index contributed by atoms with van der Waals surface area (Å²) in [4.78, 5) is 33.9. The SMILES string of the molecule is NCC(=O)NC(Cc1ccccc1)C(=O)NCC(N)=O. The van der Waals surface area contributed by atoms with E-state index in [0.29, 0.717) is 6.42 Å². The number of carbonyl (C=O) groups excluding carboxylic acids is 3. The van der Waals surface area contributed by atoms with Gasteiger partial charge in [0.15, 0.2) is 0 Å². The van der Waals surface area contributed by atoms with Crippen molar-refractivity contribution in [2.24, 2.45) is 11.5 Å². The van der Waals surface area contributed by atoms with Gasteiger partial charge in [-0.3, -0.25) is 14.4 Å². The molecule has 1 atom stereocenters. The van der Waals surface area contributed by atoms with Crippen LogP contribution in [0, 0.1) is 0 Å².